The largest absolute Gasteiger partial charge is 0.462 e. The molecule has 0 heterocycles. The lowest BCUT2D eigenvalue weighted by Gasteiger charge is -2.07. The molecular formula is C19H36O2. The molecule has 0 aromatic heterocycles. The molecule has 0 unspecified atom stereocenters. The molecule has 0 bridgehead atoms. The van der Waals surface area contributed by atoms with E-state index in [1.165, 1.54) is 51.4 Å². The third kappa shape index (κ3) is 13.9. The Morgan fingerprint density at radius 2 is 1.24 bits per heavy atom. The van der Waals surface area contributed by atoms with Gasteiger partial charge < -0.3 is 4.74 Å². The fourth-order valence-electron chi connectivity index (χ4n) is 2.37. The average molecular weight is 296 g/mol. The summed E-state index contributed by atoms with van der Waals surface area (Å²) in [6.45, 7) is 8.79. The van der Waals surface area contributed by atoms with Crippen molar-refractivity contribution in [1.29, 1.82) is 0 Å². The zero-order valence-electron chi connectivity index (χ0n) is 14.4. The third-order valence-electron chi connectivity index (χ3n) is 3.85. The van der Waals surface area contributed by atoms with Crippen LogP contribution in [0, 0.1) is 0 Å². The van der Waals surface area contributed by atoms with Crippen molar-refractivity contribution in [3.63, 3.8) is 0 Å². The third-order valence-corrected chi connectivity index (χ3v) is 3.85. The van der Waals surface area contributed by atoms with Gasteiger partial charge in [0.2, 0.25) is 0 Å². The lowest BCUT2D eigenvalue weighted by atomic mass is 10.0. The Balaban J connectivity index is 3.34. The molecule has 2 heteroatoms. The number of hydrogen-bond acceptors (Lipinski definition) is 2. The molecule has 21 heavy (non-hydrogen) atoms. The van der Waals surface area contributed by atoms with Crippen LogP contribution >= 0.6 is 0 Å². The Morgan fingerprint density at radius 3 is 1.81 bits per heavy atom. The topological polar surface area (TPSA) is 26.3 Å². The molecule has 0 N–H and O–H groups in total. The number of hydrogen-bond donors (Lipinski definition) is 0. The first kappa shape index (κ1) is 20.2. The number of ether oxygens (including phenoxy) is 1. The second kappa shape index (κ2) is 15.6. The van der Waals surface area contributed by atoms with Crippen LogP contribution in [-0.2, 0) is 9.53 Å². The van der Waals surface area contributed by atoms with Crippen LogP contribution in [0.1, 0.15) is 97.3 Å². The van der Waals surface area contributed by atoms with E-state index in [0.29, 0.717) is 12.2 Å². The van der Waals surface area contributed by atoms with Crippen LogP contribution < -0.4 is 0 Å². The summed E-state index contributed by atoms with van der Waals surface area (Å²) in [6.07, 6.45) is 15.7. The maximum absolute atomic E-state index is 11.7. The highest BCUT2D eigenvalue weighted by Gasteiger charge is 2.07. The highest BCUT2D eigenvalue weighted by Crippen LogP contribution is 2.13. The van der Waals surface area contributed by atoms with E-state index in [1.807, 2.05) is 0 Å². The zero-order chi connectivity index (χ0) is 15.8. The van der Waals surface area contributed by atoms with Gasteiger partial charge in [-0.3, -0.25) is 0 Å². The minimum atomic E-state index is -0.189. The first-order chi connectivity index (χ1) is 10.2. The van der Waals surface area contributed by atoms with Gasteiger partial charge in [-0.15, -0.1) is 0 Å². The average Bonchev–Trinajstić information content (AvgIpc) is 2.49. The summed E-state index contributed by atoms with van der Waals surface area (Å²) in [6, 6.07) is 0. The predicted molar refractivity (Wildman–Crippen MR) is 91.5 cm³/mol. The number of carbonyl (C=O) groups excluding carboxylic acids is 1. The van der Waals surface area contributed by atoms with Gasteiger partial charge in [0.15, 0.2) is 0 Å². The molecule has 0 amide bonds. The van der Waals surface area contributed by atoms with Crippen LogP contribution in [0.5, 0.6) is 0 Å². The van der Waals surface area contributed by atoms with Gasteiger partial charge in [0, 0.05) is 5.57 Å². The monoisotopic (exact) mass is 296 g/mol. The van der Waals surface area contributed by atoms with Gasteiger partial charge in [0.25, 0.3) is 0 Å². The fourth-order valence-corrected chi connectivity index (χ4v) is 2.37. The van der Waals surface area contributed by atoms with E-state index in [4.69, 9.17) is 4.74 Å². The van der Waals surface area contributed by atoms with Crippen molar-refractivity contribution in [3.8, 4) is 0 Å². The zero-order valence-corrected chi connectivity index (χ0v) is 14.4. The van der Waals surface area contributed by atoms with Crippen LogP contribution in [0.2, 0.25) is 0 Å². The Labute approximate surface area is 132 Å². The molecule has 0 radical (unpaired) electrons. The van der Waals surface area contributed by atoms with Gasteiger partial charge in [-0.25, -0.2) is 4.79 Å². The van der Waals surface area contributed by atoms with Gasteiger partial charge in [-0.2, -0.15) is 0 Å². The first-order valence-corrected chi connectivity index (χ1v) is 9.07. The molecule has 0 aliphatic rings. The molecular weight excluding hydrogens is 260 g/mol. The summed E-state index contributed by atoms with van der Waals surface area (Å²) in [7, 11) is 0. The highest BCUT2D eigenvalue weighted by atomic mass is 16.5. The second-order valence-corrected chi connectivity index (χ2v) is 6.03. The second-order valence-electron chi connectivity index (χ2n) is 6.03. The SMILES string of the molecule is C=C(CCCCCCCCCCC)C(=O)OCCCCC. The summed E-state index contributed by atoms with van der Waals surface area (Å²) < 4.78 is 5.20. The van der Waals surface area contributed by atoms with E-state index in [2.05, 4.69) is 20.4 Å². The van der Waals surface area contributed by atoms with E-state index < -0.39 is 0 Å². The van der Waals surface area contributed by atoms with Gasteiger partial charge in [0.05, 0.1) is 6.61 Å². The van der Waals surface area contributed by atoms with Crippen molar-refractivity contribution >= 4 is 5.97 Å². The normalized spacial score (nSPS) is 10.6. The van der Waals surface area contributed by atoms with E-state index in [9.17, 15) is 4.79 Å². The molecule has 0 aromatic rings. The highest BCUT2D eigenvalue weighted by molar-refractivity contribution is 5.87. The van der Waals surface area contributed by atoms with Crippen molar-refractivity contribution < 1.29 is 9.53 Å². The summed E-state index contributed by atoms with van der Waals surface area (Å²) in [5.74, 6) is -0.189. The minimum Gasteiger partial charge on any atom is -0.462 e. The molecule has 0 fully saturated rings. The van der Waals surface area contributed by atoms with Gasteiger partial charge in [-0.05, 0) is 19.3 Å². The number of carbonyl (C=O) groups is 1. The van der Waals surface area contributed by atoms with E-state index in [1.54, 1.807) is 0 Å². The fraction of sp³-hybridized carbons (Fsp3) is 0.842. The standard InChI is InChI=1S/C19H36O2/c1-4-6-8-9-10-11-12-13-14-16-18(3)19(20)21-17-15-7-5-2/h3-17H2,1-2H3. The first-order valence-electron chi connectivity index (χ1n) is 9.07. The van der Waals surface area contributed by atoms with Crippen molar-refractivity contribution in [2.24, 2.45) is 0 Å². The molecule has 0 spiro atoms. The van der Waals surface area contributed by atoms with Gasteiger partial charge in [-0.1, -0.05) is 84.6 Å². The lowest BCUT2D eigenvalue weighted by Crippen LogP contribution is -2.08. The quantitative estimate of drug-likeness (QED) is 0.204. The molecule has 0 aliphatic heterocycles. The van der Waals surface area contributed by atoms with E-state index in [-0.39, 0.29) is 5.97 Å². The lowest BCUT2D eigenvalue weighted by molar-refractivity contribution is -0.139. The Hall–Kier alpha value is -0.790. The van der Waals surface area contributed by atoms with Crippen LogP contribution in [0.15, 0.2) is 12.2 Å². The van der Waals surface area contributed by atoms with Crippen LogP contribution in [0.25, 0.3) is 0 Å². The predicted octanol–water partition coefficient (Wildman–Crippen LogP) is 6.20. The van der Waals surface area contributed by atoms with Gasteiger partial charge in [0.1, 0.15) is 0 Å². The number of unbranched alkanes of at least 4 members (excludes halogenated alkanes) is 10. The molecule has 0 saturated carbocycles. The van der Waals surface area contributed by atoms with Crippen molar-refractivity contribution in [3.05, 3.63) is 12.2 Å². The van der Waals surface area contributed by atoms with Crippen LogP contribution in [0.4, 0.5) is 0 Å². The number of rotatable bonds is 15. The van der Waals surface area contributed by atoms with Crippen LogP contribution in [-0.4, -0.2) is 12.6 Å². The molecule has 0 saturated heterocycles. The summed E-state index contributed by atoms with van der Waals surface area (Å²) >= 11 is 0. The van der Waals surface area contributed by atoms with Crippen molar-refractivity contribution in [2.75, 3.05) is 6.61 Å². The Bertz CT molecular complexity index is 258. The molecule has 0 aromatic carbocycles. The summed E-state index contributed by atoms with van der Waals surface area (Å²) in [4.78, 5) is 11.7. The van der Waals surface area contributed by atoms with E-state index >= 15 is 0 Å². The van der Waals surface area contributed by atoms with Crippen molar-refractivity contribution in [2.45, 2.75) is 97.3 Å². The molecule has 0 atom stereocenters. The van der Waals surface area contributed by atoms with Crippen LogP contribution in [0.3, 0.4) is 0 Å². The minimum absolute atomic E-state index is 0.189. The van der Waals surface area contributed by atoms with E-state index in [0.717, 1.165) is 32.1 Å². The van der Waals surface area contributed by atoms with Crippen molar-refractivity contribution in [1.82, 2.24) is 0 Å². The molecule has 0 aliphatic carbocycles. The summed E-state index contributed by atoms with van der Waals surface area (Å²) in [5.41, 5.74) is 0.648. The Kier molecular flexibility index (Phi) is 15.0. The summed E-state index contributed by atoms with van der Waals surface area (Å²) in [5, 5.41) is 0. The molecule has 2 nitrogen and oxygen atoms in total. The smallest absolute Gasteiger partial charge is 0.333 e. The van der Waals surface area contributed by atoms with Gasteiger partial charge >= 0.3 is 5.97 Å². The maximum Gasteiger partial charge on any atom is 0.333 e. The maximum atomic E-state index is 11.7. The molecule has 124 valence electrons. The number of esters is 1. The Morgan fingerprint density at radius 1 is 0.762 bits per heavy atom. The molecule has 0 rings (SSSR count).